The van der Waals surface area contributed by atoms with Gasteiger partial charge in [0.2, 0.25) is 0 Å². The van der Waals surface area contributed by atoms with Crippen LogP contribution in [0.4, 0.5) is 5.69 Å². The van der Waals surface area contributed by atoms with Crippen LogP contribution in [0.5, 0.6) is 0 Å². The maximum absolute atomic E-state index is 4.03. The summed E-state index contributed by atoms with van der Waals surface area (Å²) in [4.78, 5) is 0. The van der Waals surface area contributed by atoms with Crippen LogP contribution in [-0.2, 0) is 7.05 Å². The summed E-state index contributed by atoms with van der Waals surface area (Å²) in [5.41, 5.74) is 2.13. The van der Waals surface area contributed by atoms with Crippen molar-refractivity contribution in [1.29, 1.82) is 0 Å². The molecule has 0 aliphatic rings. The molecule has 2 aromatic rings. The summed E-state index contributed by atoms with van der Waals surface area (Å²) in [6.07, 6.45) is 1.17. The molecule has 0 spiro atoms. The summed E-state index contributed by atoms with van der Waals surface area (Å²) in [6, 6.07) is 8.65. The molecule has 1 heterocycles. The van der Waals surface area contributed by atoms with Crippen LogP contribution in [0.15, 0.2) is 24.3 Å². The van der Waals surface area contributed by atoms with E-state index >= 15 is 0 Å². The van der Waals surface area contributed by atoms with Crippen LogP contribution in [0.25, 0.3) is 11.4 Å². The van der Waals surface area contributed by atoms with Crippen LogP contribution < -0.4 is 5.32 Å². The number of nitrogens with one attached hydrogen (secondary N) is 1. The van der Waals surface area contributed by atoms with E-state index in [-0.39, 0.29) is 0 Å². The van der Waals surface area contributed by atoms with E-state index in [1.165, 1.54) is 6.42 Å². The van der Waals surface area contributed by atoms with Crippen molar-refractivity contribution >= 4 is 5.69 Å². The molecule has 102 valence electrons. The van der Waals surface area contributed by atoms with Crippen LogP contribution >= 0.6 is 0 Å². The summed E-state index contributed by atoms with van der Waals surface area (Å²) < 4.78 is 1.68. The van der Waals surface area contributed by atoms with Crippen LogP contribution in [0.2, 0.25) is 0 Å². The molecule has 0 aliphatic carbocycles. The Bertz CT molecular complexity index is 534. The topological polar surface area (TPSA) is 55.6 Å². The second-order valence-electron chi connectivity index (χ2n) is 5.03. The van der Waals surface area contributed by atoms with Gasteiger partial charge in [-0.05, 0) is 35.4 Å². The third-order valence-corrected chi connectivity index (χ3v) is 3.63. The van der Waals surface area contributed by atoms with E-state index < -0.39 is 0 Å². The summed E-state index contributed by atoms with van der Waals surface area (Å²) >= 11 is 0. The summed E-state index contributed by atoms with van der Waals surface area (Å²) in [5, 5.41) is 15.1. The van der Waals surface area contributed by atoms with E-state index in [1.54, 1.807) is 4.68 Å². The standard InChI is InChI=1S/C14H21N5/c1-5-10(2)11(3)15-13-8-6-7-12(9-13)14-16-17-18-19(14)4/h6-11,15H,5H2,1-4H3. The fraction of sp³-hybridized carbons (Fsp3) is 0.500. The van der Waals surface area contributed by atoms with Crippen LogP contribution in [-0.4, -0.2) is 26.2 Å². The Labute approximate surface area is 114 Å². The smallest absolute Gasteiger partial charge is 0.181 e. The maximum Gasteiger partial charge on any atom is 0.181 e. The predicted molar refractivity (Wildman–Crippen MR) is 76.8 cm³/mol. The highest BCUT2D eigenvalue weighted by Crippen LogP contribution is 2.21. The third kappa shape index (κ3) is 3.10. The van der Waals surface area contributed by atoms with Gasteiger partial charge in [-0.2, -0.15) is 0 Å². The molecule has 2 atom stereocenters. The predicted octanol–water partition coefficient (Wildman–Crippen LogP) is 2.72. The number of anilines is 1. The van der Waals surface area contributed by atoms with Gasteiger partial charge in [0.15, 0.2) is 5.82 Å². The van der Waals surface area contributed by atoms with Gasteiger partial charge in [0.05, 0.1) is 0 Å². The summed E-state index contributed by atoms with van der Waals surface area (Å²) in [6.45, 7) is 6.68. The molecule has 5 nitrogen and oxygen atoms in total. The lowest BCUT2D eigenvalue weighted by molar-refractivity contribution is 0.494. The first kappa shape index (κ1) is 13.5. The van der Waals surface area contributed by atoms with E-state index in [4.69, 9.17) is 0 Å². The molecular formula is C14H21N5. The largest absolute Gasteiger partial charge is 0.382 e. The monoisotopic (exact) mass is 259 g/mol. The van der Waals surface area contributed by atoms with Gasteiger partial charge in [0.1, 0.15) is 0 Å². The van der Waals surface area contributed by atoms with Gasteiger partial charge in [-0.25, -0.2) is 4.68 Å². The minimum atomic E-state index is 0.442. The van der Waals surface area contributed by atoms with Crippen molar-refractivity contribution in [2.45, 2.75) is 33.2 Å². The molecular weight excluding hydrogens is 238 g/mol. The van der Waals surface area contributed by atoms with Crippen molar-refractivity contribution in [3.05, 3.63) is 24.3 Å². The maximum atomic E-state index is 4.03. The first-order valence-corrected chi connectivity index (χ1v) is 6.71. The number of benzene rings is 1. The second kappa shape index (κ2) is 5.82. The molecule has 1 N–H and O–H groups in total. The van der Waals surface area contributed by atoms with E-state index in [2.05, 4.69) is 53.7 Å². The Balaban J connectivity index is 2.18. The van der Waals surface area contributed by atoms with Crippen molar-refractivity contribution in [2.24, 2.45) is 13.0 Å². The highest BCUT2D eigenvalue weighted by atomic mass is 15.5. The van der Waals surface area contributed by atoms with Gasteiger partial charge in [0.25, 0.3) is 0 Å². The zero-order valence-corrected chi connectivity index (χ0v) is 12.0. The first-order valence-electron chi connectivity index (χ1n) is 6.71. The molecule has 1 aromatic heterocycles. The van der Waals surface area contributed by atoms with Crippen molar-refractivity contribution in [2.75, 3.05) is 5.32 Å². The third-order valence-electron chi connectivity index (χ3n) is 3.63. The van der Waals surface area contributed by atoms with E-state index in [0.29, 0.717) is 12.0 Å². The average molecular weight is 259 g/mol. The minimum Gasteiger partial charge on any atom is -0.382 e. The Kier molecular flexibility index (Phi) is 4.14. The number of nitrogens with zero attached hydrogens (tertiary/aromatic N) is 4. The quantitative estimate of drug-likeness (QED) is 0.897. The zero-order valence-electron chi connectivity index (χ0n) is 12.0. The number of hydrogen-bond donors (Lipinski definition) is 1. The van der Waals surface area contributed by atoms with Gasteiger partial charge < -0.3 is 5.32 Å². The highest BCUT2D eigenvalue weighted by Gasteiger charge is 2.11. The Morgan fingerprint density at radius 3 is 2.74 bits per heavy atom. The number of aromatic nitrogens is 4. The first-order chi connectivity index (χ1) is 9.11. The Morgan fingerprint density at radius 2 is 2.11 bits per heavy atom. The highest BCUT2D eigenvalue weighted by molar-refractivity contribution is 5.62. The average Bonchev–Trinajstić information content (AvgIpc) is 2.84. The van der Waals surface area contributed by atoms with E-state index in [1.807, 2.05) is 19.2 Å². The van der Waals surface area contributed by atoms with Gasteiger partial charge >= 0.3 is 0 Å². The van der Waals surface area contributed by atoms with Crippen LogP contribution in [0.1, 0.15) is 27.2 Å². The van der Waals surface area contributed by atoms with Gasteiger partial charge in [-0.3, -0.25) is 0 Å². The van der Waals surface area contributed by atoms with Crippen molar-refractivity contribution in [1.82, 2.24) is 20.2 Å². The summed E-state index contributed by atoms with van der Waals surface area (Å²) in [5.74, 6) is 1.42. The van der Waals surface area contributed by atoms with Gasteiger partial charge in [-0.15, -0.1) is 5.10 Å². The van der Waals surface area contributed by atoms with Gasteiger partial charge in [-0.1, -0.05) is 32.4 Å². The number of rotatable bonds is 5. The van der Waals surface area contributed by atoms with E-state index in [0.717, 1.165) is 17.1 Å². The molecule has 2 unspecified atom stereocenters. The molecule has 2 rings (SSSR count). The van der Waals surface area contributed by atoms with Crippen molar-refractivity contribution in [3.63, 3.8) is 0 Å². The minimum absolute atomic E-state index is 0.442. The fourth-order valence-corrected chi connectivity index (χ4v) is 1.98. The van der Waals surface area contributed by atoms with Crippen molar-refractivity contribution < 1.29 is 0 Å². The van der Waals surface area contributed by atoms with E-state index in [9.17, 15) is 0 Å². The molecule has 0 amide bonds. The number of tetrazole rings is 1. The SMILES string of the molecule is CCC(C)C(C)Nc1cccc(-c2nnnn2C)c1. The lowest BCUT2D eigenvalue weighted by Crippen LogP contribution is -2.23. The summed E-state index contributed by atoms with van der Waals surface area (Å²) in [7, 11) is 1.84. The molecule has 0 radical (unpaired) electrons. The Morgan fingerprint density at radius 1 is 1.32 bits per heavy atom. The lowest BCUT2D eigenvalue weighted by Gasteiger charge is -2.21. The van der Waals surface area contributed by atoms with Crippen LogP contribution in [0.3, 0.4) is 0 Å². The molecule has 5 heteroatoms. The molecule has 0 fully saturated rings. The molecule has 0 aliphatic heterocycles. The molecule has 0 saturated heterocycles. The fourth-order valence-electron chi connectivity index (χ4n) is 1.98. The molecule has 19 heavy (non-hydrogen) atoms. The molecule has 1 aromatic carbocycles. The number of hydrogen-bond acceptors (Lipinski definition) is 4. The lowest BCUT2D eigenvalue weighted by atomic mass is 10.0. The normalized spacial score (nSPS) is 14.1. The molecule has 0 bridgehead atoms. The van der Waals surface area contributed by atoms with Crippen LogP contribution in [0, 0.1) is 5.92 Å². The van der Waals surface area contributed by atoms with Gasteiger partial charge in [0, 0.05) is 24.3 Å². The second-order valence-corrected chi connectivity index (χ2v) is 5.03. The van der Waals surface area contributed by atoms with Crippen molar-refractivity contribution in [3.8, 4) is 11.4 Å². The zero-order chi connectivity index (χ0) is 13.8. The Hall–Kier alpha value is -1.91. The molecule has 0 saturated carbocycles. The number of aryl methyl sites for hydroxylation is 1.